The second-order valence-electron chi connectivity index (χ2n) is 3.59. The third-order valence-corrected chi connectivity index (χ3v) is 1.91. The molecule has 76 valence electrons. The van der Waals surface area contributed by atoms with Crippen molar-refractivity contribution in [3.63, 3.8) is 0 Å². The lowest BCUT2D eigenvalue weighted by Crippen LogP contribution is -2.26. The van der Waals surface area contributed by atoms with E-state index in [1.165, 1.54) is 12.5 Å². The minimum atomic E-state index is 0.0735. The summed E-state index contributed by atoms with van der Waals surface area (Å²) in [6.45, 7) is 11.7. The number of nitrogens with zero attached hydrogens (tertiary/aromatic N) is 1. The fourth-order valence-corrected chi connectivity index (χ4v) is 1.26. The minimum Gasteiger partial charge on any atom is -0.339 e. The molecule has 1 saturated heterocycles. The Morgan fingerprint density at radius 3 is 2.46 bits per heavy atom. The number of rotatable bonds is 1. The summed E-state index contributed by atoms with van der Waals surface area (Å²) in [6.07, 6.45) is 3.78. The lowest BCUT2D eigenvalue weighted by molar-refractivity contribution is -0.125. The molecule has 0 saturated carbocycles. The van der Waals surface area contributed by atoms with E-state index in [9.17, 15) is 4.79 Å². The third kappa shape index (κ3) is 4.71. The molecule has 0 unspecified atom stereocenters. The van der Waals surface area contributed by atoms with Crippen molar-refractivity contribution in [2.24, 2.45) is 5.92 Å². The lowest BCUT2D eigenvalue weighted by atomic mass is 10.2. The molecule has 0 radical (unpaired) electrons. The van der Waals surface area contributed by atoms with Crippen LogP contribution < -0.4 is 0 Å². The normalized spacial score (nSPS) is 20.5. The van der Waals surface area contributed by atoms with Crippen molar-refractivity contribution < 1.29 is 4.79 Å². The van der Waals surface area contributed by atoms with Gasteiger partial charge in [-0.25, -0.2) is 0 Å². The molecule has 0 aromatic rings. The van der Waals surface area contributed by atoms with Crippen molar-refractivity contribution in [2.45, 2.75) is 33.6 Å². The van der Waals surface area contributed by atoms with Gasteiger partial charge in [0.15, 0.2) is 0 Å². The highest BCUT2D eigenvalue weighted by Crippen LogP contribution is 2.14. The standard InChI is InChI=1S/C8H13NO.C3H8/c1-3-8(10)9-5-4-7(2)6-9;1-3-2/h3,7H,1,4-6H2,2H3;3H2,1-2H3/t7-;/m1./s1. The smallest absolute Gasteiger partial charge is 0.245 e. The molecular formula is C11H21NO. The van der Waals surface area contributed by atoms with E-state index in [1.807, 2.05) is 4.90 Å². The maximum absolute atomic E-state index is 11.0. The van der Waals surface area contributed by atoms with Gasteiger partial charge in [-0.15, -0.1) is 0 Å². The van der Waals surface area contributed by atoms with Crippen LogP contribution in [-0.2, 0) is 4.79 Å². The number of carbonyl (C=O) groups is 1. The molecule has 1 aliphatic heterocycles. The predicted molar refractivity (Wildman–Crippen MR) is 56.5 cm³/mol. The maximum Gasteiger partial charge on any atom is 0.245 e. The molecule has 0 bridgehead atoms. The van der Waals surface area contributed by atoms with Gasteiger partial charge in [0.2, 0.25) is 5.91 Å². The van der Waals surface area contributed by atoms with Crippen LogP contribution >= 0.6 is 0 Å². The van der Waals surface area contributed by atoms with Crippen LogP contribution in [0.15, 0.2) is 12.7 Å². The largest absolute Gasteiger partial charge is 0.339 e. The average molecular weight is 183 g/mol. The molecular weight excluding hydrogens is 162 g/mol. The van der Waals surface area contributed by atoms with Gasteiger partial charge in [-0.1, -0.05) is 33.8 Å². The highest BCUT2D eigenvalue weighted by molar-refractivity contribution is 5.87. The van der Waals surface area contributed by atoms with Crippen LogP contribution in [-0.4, -0.2) is 23.9 Å². The SMILES string of the molecule is C=CC(=O)N1CC[C@@H](C)C1.CCC. The fourth-order valence-electron chi connectivity index (χ4n) is 1.26. The van der Waals surface area contributed by atoms with Crippen LogP contribution in [0.5, 0.6) is 0 Å². The van der Waals surface area contributed by atoms with Crippen LogP contribution in [0.2, 0.25) is 0 Å². The first-order valence-electron chi connectivity index (χ1n) is 5.07. The summed E-state index contributed by atoms with van der Waals surface area (Å²) in [5.74, 6) is 0.744. The monoisotopic (exact) mass is 183 g/mol. The van der Waals surface area contributed by atoms with E-state index in [4.69, 9.17) is 0 Å². The molecule has 0 aromatic heterocycles. The predicted octanol–water partition coefficient (Wildman–Crippen LogP) is 2.46. The highest BCUT2D eigenvalue weighted by Gasteiger charge is 2.20. The number of hydrogen-bond donors (Lipinski definition) is 0. The highest BCUT2D eigenvalue weighted by atomic mass is 16.2. The molecule has 1 fully saturated rings. The van der Waals surface area contributed by atoms with Crippen molar-refractivity contribution in [1.82, 2.24) is 4.90 Å². The lowest BCUT2D eigenvalue weighted by Gasteiger charge is -2.11. The van der Waals surface area contributed by atoms with Crippen LogP contribution in [0.3, 0.4) is 0 Å². The number of hydrogen-bond acceptors (Lipinski definition) is 1. The Balaban J connectivity index is 0.000000424. The molecule has 0 spiro atoms. The summed E-state index contributed by atoms with van der Waals surface area (Å²) in [5.41, 5.74) is 0. The zero-order chi connectivity index (χ0) is 10.3. The van der Waals surface area contributed by atoms with Crippen molar-refractivity contribution in [3.05, 3.63) is 12.7 Å². The van der Waals surface area contributed by atoms with Crippen molar-refractivity contribution in [3.8, 4) is 0 Å². The molecule has 0 aliphatic carbocycles. The molecule has 0 aromatic carbocycles. The molecule has 1 heterocycles. The van der Waals surface area contributed by atoms with Gasteiger partial charge in [-0.2, -0.15) is 0 Å². The summed E-state index contributed by atoms with van der Waals surface area (Å²) in [7, 11) is 0. The quantitative estimate of drug-likeness (QED) is 0.572. The van der Waals surface area contributed by atoms with Crippen LogP contribution in [0, 0.1) is 5.92 Å². The van der Waals surface area contributed by atoms with Gasteiger partial charge in [-0.3, -0.25) is 4.79 Å². The number of likely N-dealkylation sites (tertiary alicyclic amines) is 1. The Morgan fingerprint density at radius 1 is 1.62 bits per heavy atom. The first-order chi connectivity index (χ1) is 6.15. The molecule has 1 atom stereocenters. The van der Waals surface area contributed by atoms with Crippen LogP contribution in [0.1, 0.15) is 33.6 Å². The Hall–Kier alpha value is -0.790. The molecule has 0 N–H and O–H groups in total. The van der Waals surface area contributed by atoms with Gasteiger partial charge in [0.05, 0.1) is 0 Å². The topological polar surface area (TPSA) is 20.3 Å². The molecule has 2 nitrogen and oxygen atoms in total. The van der Waals surface area contributed by atoms with Gasteiger partial charge in [0.1, 0.15) is 0 Å². The second kappa shape index (κ2) is 6.70. The van der Waals surface area contributed by atoms with Gasteiger partial charge < -0.3 is 4.90 Å². The van der Waals surface area contributed by atoms with Crippen LogP contribution in [0.25, 0.3) is 0 Å². The van der Waals surface area contributed by atoms with E-state index in [0.29, 0.717) is 5.92 Å². The Morgan fingerprint density at radius 2 is 2.15 bits per heavy atom. The second-order valence-corrected chi connectivity index (χ2v) is 3.59. The molecule has 1 aliphatic rings. The van der Waals surface area contributed by atoms with Crippen molar-refractivity contribution in [1.29, 1.82) is 0 Å². The van der Waals surface area contributed by atoms with E-state index in [2.05, 4.69) is 27.4 Å². The zero-order valence-electron chi connectivity index (χ0n) is 9.05. The van der Waals surface area contributed by atoms with Gasteiger partial charge >= 0.3 is 0 Å². The van der Waals surface area contributed by atoms with Crippen LogP contribution in [0.4, 0.5) is 0 Å². The van der Waals surface area contributed by atoms with Gasteiger partial charge in [0, 0.05) is 13.1 Å². The summed E-state index contributed by atoms with van der Waals surface area (Å²) in [5, 5.41) is 0. The molecule has 2 heteroatoms. The third-order valence-electron chi connectivity index (χ3n) is 1.91. The summed E-state index contributed by atoms with van der Waals surface area (Å²) < 4.78 is 0. The van der Waals surface area contributed by atoms with Gasteiger partial charge in [-0.05, 0) is 18.4 Å². The molecule has 1 rings (SSSR count). The fraction of sp³-hybridized carbons (Fsp3) is 0.727. The maximum atomic E-state index is 11.0. The van der Waals surface area contributed by atoms with Gasteiger partial charge in [0.25, 0.3) is 0 Å². The first-order valence-corrected chi connectivity index (χ1v) is 5.07. The minimum absolute atomic E-state index is 0.0735. The average Bonchev–Trinajstić information content (AvgIpc) is 2.52. The van der Waals surface area contributed by atoms with Crippen molar-refractivity contribution in [2.75, 3.05) is 13.1 Å². The first kappa shape index (κ1) is 12.2. The molecule has 13 heavy (non-hydrogen) atoms. The Labute approximate surface area is 81.6 Å². The number of amides is 1. The number of carbonyl (C=O) groups excluding carboxylic acids is 1. The van der Waals surface area contributed by atoms with Crippen molar-refractivity contribution >= 4 is 5.91 Å². The van der Waals surface area contributed by atoms with E-state index in [1.54, 1.807) is 0 Å². The summed E-state index contributed by atoms with van der Waals surface area (Å²) in [6, 6.07) is 0. The van der Waals surface area contributed by atoms with E-state index >= 15 is 0 Å². The Kier molecular flexibility index (Phi) is 6.29. The molecule has 1 amide bonds. The Bertz CT molecular complexity index is 165. The van der Waals surface area contributed by atoms with E-state index in [0.717, 1.165) is 19.5 Å². The zero-order valence-corrected chi connectivity index (χ0v) is 9.05. The van der Waals surface area contributed by atoms with E-state index in [-0.39, 0.29) is 5.91 Å². The summed E-state index contributed by atoms with van der Waals surface area (Å²) >= 11 is 0. The van der Waals surface area contributed by atoms with E-state index < -0.39 is 0 Å². The summed E-state index contributed by atoms with van der Waals surface area (Å²) in [4.78, 5) is 12.8.